The molecular weight excluding hydrogens is 606 g/mol. The van der Waals surface area contributed by atoms with Crippen LogP contribution in [-0.2, 0) is 4.79 Å². The maximum absolute atomic E-state index is 14.6. The summed E-state index contributed by atoms with van der Waals surface area (Å²) in [5.41, 5.74) is 5.54. The molecule has 4 N–H and O–H groups in total. The molecule has 0 bridgehead atoms. The van der Waals surface area contributed by atoms with Crippen molar-refractivity contribution in [2.45, 2.75) is 57.5 Å². The number of aliphatic carboxylic acids is 1. The van der Waals surface area contributed by atoms with Gasteiger partial charge in [-0.3, -0.25) is 4.79 Å². The Balaban J connectivity index is 1.44. The number of nitrogens with two attached hydrogens (primary N) is 1. The van der Waals surface area contributed by atoms with Gasteiger partial charge in [-0.25, -0.2) is 4.39 Å². The molecule has 0 saturated carbocycles. The van der Waals surface area contributed by atoms with Crippen molar-refractivity contribution in [3.63, 3.8) is 0 Å². The van der Waals surface area contributed by atoms with E-state index in [1.54, 1.807) is 13.8 Å². The van der Waals surface area contributed by atoms with Crippen LogP contribution in [0.1, 0.15) is 44.8 Å². The normalized spacial score (nSPS) is 18.9. The number of nitrogens with zero attached hydrogens (tertiary/aromatic N) is 3. The minimum absolute atomic E-state index is 0.00125. The van der Waals surface area contributed by atoms with E-state index in [1.165, 1.54) is 30.3 Å². The van der Waals surface area contributed by atoms with E-state index in [4.69, 9.17) is 26.8 Å². The van der Waals surface area contributed by atoms with Crippen LogP contribution >= 0.6 is 11.6 Å². The Kier molecular flexibility index (Phi) is 8.81. The molecule has 3 aromatic rings. The molecule has 1 aromatic heterocycles. The van der Waals surface area contributed by atoms with Gasteiger partial charge in [0.1, 0.15) is 23.4 Å². The molecule has 2 fully saturated rings. The number of anilines is 2. The molecule has 0 radical (unpaired) electrons. The van der Waals surface area contributed by atoms with Crippen molar-refractivity contribution >= 4 is 29.3 Å². The molecule has 5 rings (SSSR count). The van der Waals surface area contributed by atoms with Gasteiger partial charge >= 0.3 is 12.1 Å². The molecule has 44 heavy (non-hydrogen) atoms. The second-order valence-electron chi connectivity index (χ2n) is 11.5. The maximum Gasteiger partial charge on any atom is 0.429 e. The lowest BCUT2D eigenvalue weighted by atomic mass is 9.76. The highest BCUT2D eigenvalue weighted by Gasteiger charge is 2.46. The van der Waals surface area contributed by atoms with Crippen molar-refractivity contribution in [3.8, 4) is 22.8 Å². The molecule has 0 amide bonds. The van der Waals surface area contributed by atoms with E-state index in [9.17, 15) is 27.5 Å². The standard InChI is InChI=1S/C30H32ClF4N5O4/c1-16(2)43-20-10-17(9-19(32)12-20)22-11-18(31)3-4-21(22)26(30(33,34)35)44-25-13-24(38-28(36)39-25)40-7-5-29(6-8-40)14-23(27(41)42)37-15-29/h3-4,9-13,16,23,26,37H,5-8,14-15H2,1-2H3,(H,41,42)(H2,36,38,39)/t23?,26-/m1/s1. The van der Waals surface area contributed by atoms with E-state index in [2.05, 4.69) is 15.3 Å². The quantitative estimate of drug-likeness (QED) is 0.254. The number of alkyl halides is 3. The smallest absolute Gasteiger partial charge is 0.429 e. The predicted octanol–water partition coefficient (Wildman–Crippen LogP) is 6.02. The van der Waals surface area contributed by atoms with Crippen LogP contribution in [0.25, 0.3) is 11.1 Å². The van der Waals surface area contributed by atoms with Crippen LogP contribution in [0.3, 0.4) is 0 Å². The number of nitrogens with one attached hydrogen (secondary N) is 1. The number of hydrogen-bond acceptors (Lipinski definition) is 8. The van der Waals surface area contributed by atoms with Gasteiger partial charge in [-0.05, 0) is 73.9 Å². The molecule has 0 aliphatic carbocycles. The lowest BCUT2D eigenvalue weighted by Crippen LogP contribution is -2.41. The monoisotopic (exact) mass is 637 g/mol. The van der Waals surface area contributed by atoms with E-state index in [0.29, 0.717) is 44.7 Å². The van der Waals surface area contributed by atoms with Gasteiger partial charge in [0, 0.05) is 42.4 Å². The van der Waals surface area contributed by atoms with E-state index >= 15 is 0 Å². The van der Waals surface area contributed by atoms with Gasteiger partial charge in [0.05, 0.1) is 6.10 Å². The number of hydrogen-bond donors (Lipinski definition) is 3. The van der Waals surface area contributed by atoms with E-state index in [0.717, 1.165) is 12.1 Å². The van der Waals surface area contributed by atoms with Crippen LogP contribution < -0.4 is 25.4 Å². The summed E-state index contributed by atoms with van der Waals surface area (Å²) < 4.78 is 69.6. The first-order valence-electron chi connectivity index (χ1n) is 14.1. The number of benzene rings is 2. The third-order valence-electron chi connectivity index (χ3n) is 7.90. The average Bonchev–Trinajstić information content (AvgIpc) is 3.34. The minimum atomic E-state index is -4.92. The zero-order valence-electron chi connectivity index (χ0n) is 24.0. The molecular formula is C30H32ClF4N5O4. The number of halogens is 5. The van der Waals surface area contributed by atoms with Crippen molar-refractivity contribution in [2.24, 2.45) is 5.41 Å². The number of aromatic nitrogens is 2. The van der Waals surface area contributed by atoms with E-state index in [-0.39, 0.29) is 44.9 Å². The molecule has 2 aromatic carbocycles. The van der Waals surface area contributed by atoms with Crippen molar-refractivity contribution < 1.29 is 36.9 Å². The van der Waals surface area contributed by atoms with Crippen LogP contribution in [0, 0.1) is 11.2 Å². The zero-order valence-corrected chi connectivity index (χ0v) is 24.8. The van der Waals surface area contributed by atoms with Crippen LogP contribution in [0.4, 0.5) is 29.3 Å². The Bertz CT molecular complexity index is 1530. The largest absolute Gasteiger partial charge is 0.491 e. The maximum atomic E-state index is 14.6. The molecule has 2 aliphatic heterocycles. The number of carbonyl (C=O) groups is 1. The van der Waals surface area contributed by atoms with Crippen LogP contribution in [-0.4, -0.2) is 59.0 Å². The highest BCUT2D eigenvalue weighted by Crippen LogP contribution is 2.44. The first-order chi connectivity index (χ1) is 20.7. The summed E-state index contributed by atoms with van der Waals surface area (Å²) in [6.07, 6.45) is -5.89. The highest BCUT2D eigenvalue weighted by atomic mass is 35.5. The summed E-state index contributed by atoms with van der Waals surface area (Å²) in [4.78, 5) is 21.4. The molecule has 14 heteroatoms. The SMILES string of the molecule is CC(C)Oc1cc(F)cc(-c2cc(Cl)ccc2[C@@H](Oc2cc(N3CCC4(CC3)CNC(C(=O)O)C4)nc(N)n2)C(F)(F)F)c1. The fourth-order valence-electron chi connectivity index (χ4n) is 5.83. The summed E-state index contributed by atoms with van der Waals surface area (Å²) in [7, 11) is 0. The van der Waals surface area contributed by atoms with Gasteiger partial charge in [-0.2, -0.15) is 23.1 Å². The summed E-state index contributed by atoms with van der Waals surface area (Å²) in [6.45, 7) is 5.05. The number of rotatable bonds is 8. The summed E-state index contributed by atoms with van der Waals surface area (Å²) in [5, 5.41) is 12.5. The molecule has 236 valence electrons. The van der Waals surface area contributed by atoms with E-state index < -0.39 is 36.0 Å². The summed E-state index contributed by atoms with van der Waals surface area (Å²) in [6, 6.07) is 8.16. The Morgan fingerprint density at radius 2 is 1.86 bits per heavy atom. The highest BCUT2D eigenvalue weighted by molar-refractivity contribution is 6.30. The summed E-state index contributed by atoms with van der Waals surface area (Å²) in [5.74, 6) is -1.82. The second-order valence-corrected chi connectivity index (χ2v) is 11.9. The lowest BCUT2D eigenvalue weighted by molar-refractivity contribution is -0.198. The van der Waals surface area contributed by atoms with Crippen molar-refractivity contribution in [3.05, 3.63) is 58.9 Å². The molecule has 2 atom stereocenters. The molecule has 2 saturated heterocycles. The summed E-state index contributed by atoms with van der Waals surface area (Å²) >= 11 is 6.18. The van der Waals surface area contributed by atoms with Gasteiger partial charge in [0.25, 0.3) is 0 Å². The molecule has 1 unspecified atom stereocenters. The minimum Gasteiger partial charge on any atom is -0.491 e. The first kappa shape index (κ1) is 31.6. The molecule has 9 nitrogen and oxygen atoms in total. The fourth-order valence-corrected chi connectivity index (χ4v) is 6.00. The fraction of sp³-hybridized carbons (Fsp3) is 0.433. The molecule has 1 spiro atoms. The Labute approximate surface area is 256 Å². The van der Waals surface area contributed by atoms with Gasteiger partial charge in [-0.15, -0.1) is 0 Å². The van der Waals surface area contributed by atoms with Gasteiger partial charge in [-0.1, -0.05) is 17.7 Å². The predicted molar refractivity (Wildman–Crippen MR) is 156 cm³/mol. The lowest BCUT2D eigenvalue weighted by Gasteiger charge is -2.39. The van der Waals surface area contributed by atoms with Crippen LogP contribution in [0.15, 0.2) is 42.5 Å². The topological polar surface area (TPSA) is 123 Å². The first-order valence-corrected chi connectivity index (χ1v) is 14.5. The zero-order chi connectivity index (χ0) is 31.8. The molecule has 3 heterocycles. The number of piperidine rings is 1. The van der Waals surface area contributed by atoms with Crippen molar-refractivity contribution in [2.75, 3.05) is 30.3 Å². The Hall–Kier alpha value is -3.84. The van der Waals surface area contributed by atoms with Crippen LogP contribution in [0.2, 0.25) is 5.02 Å². The Morgan fingerprint density at radius 1 is 1.14 bits per heavy atom. The van der Waals surface area contributed by atoms with Gasteiger partial charge < -0.3 is 30.5 Å². The third kappa shape index (κ3) is 7.10. The van der Waals surface area contributed by atoms with Crippen molar-refractivity contribution in [1.82, 2.24) is 15.3 Å². The number of carboxylic acid groups (broad SMARTS) is 1. The van der Waals surface area contributed by atoms with Crippen LogP contribution in [0.5, 0.6) is 11.6 Å². The van der Waals surface area contributed by atoms with Gasteiger partial charge in [0.15, 0.2) is 0 Å². The molecule has 2 aliphatic rings. The van der Waals surface area contributed by atoms with Crippen molar-refractivity contribution in [1.29, 1.82) is 0 Å². The third-order valence-corrected chi connectivity index (χ3v) is 8.14. The number of carboxylic acids is 1. The second kappa shape index (κ2) is 12.3. The number of nitrogen functional groups attached to an aromatic ring is 1. The van der Waals surface area contributed by atoms with Gasteiger partial charge in [0.2, 0.25) is 17.9 Å². The Morgan fingerprint density at radius 3 is 2.50 bits per heavy atom. The van der Waals surface area contributed by atoms with E-state index in [1.807, 2.05) is 4.90 Å². The number of ether oxygens (including phenoxy) is 2. The average molecular weight is 638 g/mol.